The first kappa shape index (κ1) is 28.3. The van der Waals surface area contributed by atoms with Gasteiger partial charge in [-0.1, -0.05) is 12.1 Å². The topological polar surface area (TPSA) is 94.5 Å². The quantitative estimate of drug-likeness (QED) is 0.195. The molecular formula is C29H26F3NO7. The van der Waals surface area contributed by atoms with E-state index in [-0.39, 0.29) is 29.2 Å². The summed E-state index contributed by atoms with van der Waals surface area (Å²) in [5, 5.41) is 11.5. The van der Waals surface area contributed by atoms with E-state index in [1.807, 2.05) is 6.92 Å². The van der Waals surface area contributed by atoms with Gasteiger partial charge in [0, 0.05) is 11.8 Å². The molecule has 1 heterocycles. The van der Waals surface area contributed by atoms with Crippen LogP contribution in [0.2, 0.25) is 0 Å². The van der Waals surface area contributed by atoms with Gasteiger partial charge in [-0.3, -0.25) is 14.5 Å². The van der Waals surface area contributed by atoms with E-state index < -0.39 is 35.6 Å². The lowest BCUT2D eigenvalue weighted by Gasteiger charge is -2.26. The van der Waals surface area contributed by atoms with E-state index in [9.17, 15) is 27.9 Å². The zero-order valence-corrected chi connectivity index (χ0v) is 21.8. The number of ether oxygens (including phenoxy) is 4. The van der Waals surface area contributed by atoms with Crippen molar-refractivity contribution < 1.29 is 46.8 Å². The number of carbonyl (C=O) groups is 2. The van der Waals surface area contributed by atoms with Crippen LogP contribution >= 0.6 is 0 Å². The molecule has 1 unspecified atom stereocenters. The van der Waals surface area contributed by atoms with Gasteiger partial charge in [0.15, 0.2) is 0 Å². The number of methoxy groups -OCH3 is 1. The second-order valence-electron chi connectivity index (χ2n) is 8.51. The molecule has 3 aromatic rings. The van der Waals surface area contributed by atoms with Crippen LogP contribution in [0.5, 0.6) is 23.0 Å². The number of amides is 1. The second kappa shape index (κ2) is 11.6. The van der Waals surface area contributed by atoms with Crippen molar-refractivity contribution in [2.24, 2.45) is 0 Å². The van der Waals surface area contributed by atoms with E-state index in [1.165, 1.54) is 25.3 Å². The molecule has 1 saturated heterocycles. The summed E-state index contributed by atoms with van der Waals surface area (Å²) >= 11 is 0. The molecule has 1 N–H and O–H groups in total. The van der Waals surface area contributed by atoms with Crippen LogP contribution in [-0.4, -0.2) is 43.5 Å². The number of rotatable bonds is 9. The standard InChI is InChI=1S/C29H26F3NO7/c1-4-38-21-14-15-22(23(16-21)39-5-2)26(34)24-25(17-6-10-19(37-3)11-7-17)33(28(36)27(24)35)18-8-12-20(13-9-18)40-29(30,31)32/h6-16,25,34H,4-5H2,1-3H3/b26-24-. The van der Waals surface area contributed by atoms with Crippen LogP contribution in [0.4, 0.5) is 18.9 Å². The highest BCUT2D eigenvalue weighted by atomic mass is 19.4. The van der Waals surface area contributed by atoms with E-state index in [2.05, 4.69) is 4.74 Å². The van der Waals surface area contributed by atoms with Gasteiger partial charge in [0.1, 0.15) is 28.8 Å². The average Bonchev–Trinajstić information content (AvgIpc) is 3.18. The Bertz CT molecular complexity index is 1420. The zero-order valence-electron chi connectivity index (χ0n) is 21.8. The Labute approximate surface area is 228 Å². The van der Waals surface area contributed by atoms with Crippen LogP contribution in [0.3, 0.4) is 0 Å². The molecule has 0 aromatic heterocycles. The largest absolute Gasteiger partial charge is 0.573 e. The van der Waals surface area contributed by atoms with Crippen LogP contribution in [0.1, 0.15) is 31.0 Å². The third kappa shape index (κ3) is 5.83. The predicted octanol–water partition coefficient (Wildman–Crippen LogP) is 6.02. The lowest BCUT2D eigenvalue weighted by molar-refractivity contribution is -0.274. The van der Waals surface area contributed by atoms with Crippen LogP contribution in [0.15, 0.2) is 72.3 Å². The minimum atomic E-state index is -4.90. The minimum Gasteiger partial charge on any atom is -0.507 e. The molecule has 11 heteroatoms. The summed E-state index contributed by atoms with van der Waals surface area (Å²) in [4.78, 5) is 27.9. The Morgan fingerprint density at radius 2 is 1.48 bits per heavy atom. The van der Waals surface area contributed by atoms with Gasteiger partial charge in [0.2, 0.25) is 0 Å². The molecule has 1 amide bonds. The molecule has 0 spiro atoms. The van der Waals surface area contributed by atoms with Gasteiger partial charge in [0.25, 0.3) is 11.7 Å². The molecule has 0 aliphatic carbocycles. The summed E-state index contributed by atoms with van der Waals surface area (Å²) < 4.78 is 58.3. The summed E-state index contributed by atoms with van der Waals surface area (Å²) in [6.45, 7) is 4.21. The number of halogens is 3. The Morgan fingerprint density at radius 1 is 0.875 bits per heavy atom. The number of alkyl halides is 3. The van der Waals surface area contributed by atoms with Crippen LogP contribution < -0.4 is 23.8 Å². The van der Waals surface area contributed by atoms with E-state index in [1.54, 1.807) is 43.3 Å². The number of hydrogen-bond donors (Lipinski definition) is 1. The number of aliphatic hydroxyl groups excluding tert-OH is 1. The zero-order chi connectivity index (χ0) is 29.0. The third-order valence-electron chi connectivity index (χ3n) is 6.04. The van der Waals surface area contributed by atoms with Crippen molar-refractivity contribution in [2.45, 2.75) is 26.3 Å². The Morgan fingerprint density at radius 3 is 2.05 bits per heavy atom. The van der Waals surface area contributed by atoms with E-state index in [0.29, 0.717) is 23.7 Å². The predicted molar refractivity (Wildman–Crippen MR) is 140 cm³/mol. The second-order valence-corrected chi connectivity index (χ2v) is 8.51. The van der Waals surface area contributed by atoms with Gasteiger partial charge in [-0.15, -0.1) is 13.2 Å². The number of Topliss-reactive ketones (excluding diaryl/α,β-unsaturated/α-hetero) is 1. The highest BCUT2D eigenvalue weighted by Gasteiger charge is 2.47. The van der Waals surface area contributed by atoms with E-state index in [0.717, 1.165) is 17.0 Å². The molecule has 40 heavy (non-hydrogen) atoms. The maximum Gasteiger partial charge on any atom is 0.573 e. The number of carbonyl (C=O) groups excluding carboxylic acids is 2. The van der Waals surface area contributed by atoms with Gasteiger partial charge in [-0.05, 0) is 67.9 Å². The number of benzene rings is 3. The SMILES string of the molecule is CCOc1ccc(/C(O)=C2/C(=O)C(=O)N(c3ccc(OC(F)(F)F)cc3)C2c2ccc(OC)cc2)c(OCC)c1. The fourth-order valence-corrected chi connectivity index (χ4v) is 4.38. The van der Waals surface area contributed by atoms with Crippen molar-refractivity contribution in [3.8, 4) is 23.0 Å². The summed E-state index contributed by atoms with van der Waals surface area (Å²) in [7, 11) is 1.48. The van der Waals surface area contributed by atoms with Crippen LogP contribution in [-0.2, 0) is 9.59 Å². The lowest BCUT2D eigenvalue weighted by Crippen LogP contribution is -2.29. The maximum atomic E-state index is 13.4. The number of nitrogens with zero attached hydrogens (tertiary/aromatic N) is 1. The molecule has 0 bridgehead atoms. The Hall–Kier alpha value is -4.67. The smallest absolute Gasteiger partial charge is 0.507 e. The molecule has 0 radical (unpaired) electrons. The van der Waals surface area contributed by atoms with Gasteiger partial charge in [-0.2, -0.15) is 0 Å². The van der Waals surface area contributed by atoms with Gasteiger partial charge < -0.3 is 24.1 Å². The molecule has 1 fully saturated rings. The van der Waals surface area contributed by atoms with Crippen molar-refractivity contribution >= 4 is 23.1 Å². The molecule has 210 valence electrons. The molecule has 1 atom stereocenters. The third-order valence-corrected chi connectivity index (χ3v) is 6.04. The highest BCUT2D eigenvalue weighted by Crippen LogP contribution is 2.44. The van der Waals surface area contributed by atoms with Crippen LogP contribution in [0, 0.1) is 0 Å². The average molecular weight is 558 g/mol. The fraction of sp³-hybridized carbons (Fsp3) is 0.241. The highest BCUT2D eigenvalue weighted by molar-refractivity contribution is 6.51. The first-order chi connectivity index (χ1) is 19.1. The number of aliphatic hydroxyl groups is 1. The fourth-order valence-electron chi connectivity index (χ4n) is 4.38. The van der Waals surface area contributed by atoms with Crippen molar-refractivity contribution in [2.75, 3.05) is 25.2 Å². The van der Waals surface area contributed by atoms with Gasteiger partial charge in [-0.25, -0.2) is 0 Å². The molecule has 1 aliphatic rings. The summed E-state index contributed by atoms with van der Waals surface area (Å²) in [5.74, 6) is -1.70. The summed E-state index contributed by atoms with van der Waals surface area (Å²) in [6.07, 6.45) is -4.90. The molecule has 1 aliphatic heterocycles. The van der Waals surface area contributed by atoms with E-state index in [4.69, 9.17) is 14.2 Å². The lowest BCUT2D eigenvalue weighted by atomic mass is 9.94. The molecular weight excluding hydrogens is 531 g/mol. The maximum absolute atomic E-state index is 13.4. The minimum absolute atomic E-state index is 0.119. The van der Waals surface area contributed by atoms with E-state index >= 15 is 0 Å². The normalized spacial score (nSPS) is 16.6. The Balaban J connectivity index is 1.88. The monoisotopic (exact) mass is 557 g/mol. The molecule has 3 aromatic carbocycles. The van der Waals surface area contributed by atoms with Crippen molar-refractivity contribution in [3.05, 3.63) is 83.4 Å². The number of anilines is 1. The first-order valence-corrected chi connectivity index (χ1v) is 12.3. The number of ketones is 1. The van der Waals surface area contributed by atoms with Gasteiger partial charge in [0.05, 0.1) is 37.5 Å². The Kier molecular flexibility index (Phi) is 8.22. The molecule has 0 saturated carbocycles. The van der Waals surface area contributed by atoms with Gasteiger partial charge >= 0.3 is 6.36 Å². The van der Waals surface area contributed by atoms with Crippen molar-refractivity contribution in [1.29, 1.82) is 0 Å². The summed E-state index contributed by atoms with van der Waals surface area (Å²) in [5.41, 5.74) is 0.501. The molecule has 8 nitrogen and oxygen atoms in total. The number of hydrogen-bond acceptors (Lipinski definition) is 7. The molecule has 4 rings (SSSR count). The first-order valence-electron chi connectivity index (χ1n) is 12.3. The van der Waals surface area contributed by atoms with Crippen molar-refractivity contribution in [3.63, 3.8) is 0 Å². The van der Waals surface area contributed by atoms with Crippen LogP contribution in [0.25, 0.3) is 5.76 Å². The van der Waals surface area contributed by atoms with Crippen molar-refractivity contribution in [1.82, 2.24) is 0 Å². The summed E-state index contributed by atoms with van der Waals surface area (Å²) in [6, 6.07) is 14.6.